The molecule has 0 fully saturated rings. The van der Waals surface area contributed by atoms with Crippen molar-refractivity contribution < 1.29 is 9.59 Å². The molecule has 0 aliphatic carbocycles. The lowest BCUT2D eigenvalue weighted by Gasteiger charge is -2.21. The first kappa shape index (κ1) is 11.9. The van der Waals surface area contributed by atoms with E-state index in [1.165, 1.54) is 11.0 Å². The van der Waals surface area contributed by atoms with Gasteiger partial charge in [-0.2, -0.15) is 0 Å². The zero-order valence-corrected chi connectivity index (χ0v) is 8.76. The maximum atomic E-state index is 11.5. The maximum absolute atomic E-state index is 11.5. The Hall–Kier alpha value is -1.12. The predicted molar refractivity (Wildman–Crippen MR) is 52.3 cm³/mol. The van der Waals surface area contributed by atoms with E-state index >= 15 is 0 Å². The second-order valence-corrected chi connectivity index (χ2v) is 4.07. The lowest BCUT2D eigenvalue weighted by molar-refractivity contribution is -0.133. The van der Waals surface area contributed by atoms with Crippen LogP contribution in [0.15, 0.2) is 12.7 Å². The molecule has 0 saturated carbocycles. The van der Waals surface area contributed by atoms with Gasteiger partial charge in [-0.05, 0) is 6.08 Å². The van der Waals surface area contributed by atoms with Crippen molar-refractivity contribution >= 4 is 11.7 Å². The van der Waals surface area contributed by atoms with Crippen LogP contribution in [0.3, 0.4) is 0 Å². The lowest BCUT2D eigenvalue weighted by atomic mass is 9.90. The number of amides is 1. The number of carbonyl (C=O) groups is 2. The van der Waals surface area contributed by atoms with Gasteiger partial charge < -0.3 is 4.90 Å². The third kappa shape index (κ3) is 3.87. The summed E-state index contributed by atoms with van der Waals surface area (Å²) in [5.41, 5.74) is -0.393. The van der Waals surface area contributed by atoms with Crippen LogP contribution in [0.2, 0.25) is 0 Å². The quantitative estimate of drug-likeness (QED) is 0.617. The molecule has 13 heavy (non-hydrogen) atoms. The number of likely N-dealkylation sites (N-methyl/N-ethyl adjacent to an activating group) is 1. The molecule has 0 saturated heterocycles. The Morgan fingerprint density at radius 2 is 1.85 bits per heavy atom. The molecular formula is C10H17NO2. The van der Waals surface area contributed by atoms with Crippen molar-refractivity contribution in [3.05, 3.63) is 12.7 Å². The van der Waals surface area contributed by atoms with Crippen molar-refractivity contribution in [3.63, 3.8) is 0 Å². The second kappa shape index (κ2) is 4.21. The Kier molecular flexibility index (Phi) is 3.85. The van der Waals surface area contributed by atoms with Gasteiger partial charge in [-0.1, -0.05) is 27.4 Å². The zero-order chi connectivity index (χ0) is 10.6. The Balaban J connectivity index is 4.23. The first-order valence-corrected chi connectivity index (χ1v) is 4.20. The molecule has 1 amide bonds. The molecule has 0 aromatic rings. The van der Waals surface area contributed by atoms with Crippen molar-refractivity contribution in [3.8, 4) is 0 Å². The summed E-state index contributed by atoms with van der Waals surface area (Å²) in [4.78, 5) is 23.9. The average molecular weight is 183 g/mol. The Labute approximate surface area is 79.4 Å². The van der Waals surface area contributed by atoms with E-state index in [1.807, 2.05) is 20.8 Å². The third-order valence-electron chi connectivity index (χ3n) is 1.77. The molecule has 0 radical (unpaired) electrons. The molecule has 3 nitrogen and oxygen atoms in total. The number of carbonyl (C=O) groups excluding carboxylic acids is 2. The molecule has 0 aliphatic heterocycles. The van der Waals surface area contributed by atoms with Gasteiger partial charge in [0, 0.05) is 12.5 Å². The molecule has 0 bridgehead atoms. The van der Waals surface area contributed by atoms with Crippen LogP contribution in [0.1, 0.15) is 20.8 Å². The molecule has 0 spiro atoms. The normalized spacial score (nSPS) is 10.8. The molecule has 0 aliphatic rings. The molecule has 0 N–H and O–H groups in total. The highest BCUT2D eigenvalue weighted by Crippen LogP contribution is 2.14. The van der Waals surface area contributed by atoms with Crippen LogP contribution in [0.25, 0.3) is 0 Å². The maximum Gasteiger partial charge on any atom is 0.246 e. The molecule has 0 heterocycles. The van der Waals surface area contributed by atoms with Gasteiger partial charge in [-0.15, -0.1) is 0 Å². The van der Waals surface area contributed by atoms with Crippen LogP contribution in [-0.4, -0.2) is 30.2 Å². The second-order valence-electron chi connectivity index (χ2n) is 4.07. The highest BCUT2D eigenvalue weighted by atomic mass is 16.2. The molecule has 3 heteroatoms. The van der Waals surface area contributed by atoms with E-state index < -0.39 is 5.41 Å². The smallest absolute Gasteiger partial charge is 0.246 e. The number of rotatable bonds is 3. The van der Waals surface area contributed by atoms with Crippen LogP contribution in [0.5, 0.6) is 0 Å². The fourth-order valence-electron chi connectivity index (χ4n) is 0.686. The van der Waals surface area contributed by atoms with Crippen molar-refractivity contribution in [1.29, 1.82) is 0 Å². The summed E-state index contributed by atoms with van der Waals surface area (Å²) in [6.45, 7) is 9.00. The fourth-order valence-corrected chi connectivity index (χ4v) is 0.686. The Morgan fingerprint density at radius 3 is 2.15 bits per heavy atom. The monoisotopic (exact) mass is 183 g/mol. The number of ketones is 1. The molecule has 0 rings (SSSR count). The number of hydrogen-bond donors (Lipinski definition) is 0. The summed E-state index contributed by atoms with van der Waals surface area (Å²) in [6.07, 6.45) is 1.20. The average Bonchev–Trinajstić information content (AvgIpc) is 2.01. The zero-order valence-electron chi connectivity index (χ0n) is 8.76. The first-order chi connectivity index (χ1) is 5.79. The number of nitrogens with zero attached hydrogens (tertiary/aromatic N) is 1. The molecule has 0 aromatic carbocycles. The number of Topliss-reactive ketones (excluding diaryl/α,β-unsaturated/α-hetero) is 1. The first-order valence-electron chi connectivity index (χ1n) is 4.20. The minimum Gasteiger partial charge on any atom is -0.335 e. The minimum absolute atomic E-state index is 0.0465. The Bertz CT molecular complexity index is 226. The van der Waals surface area contributed by atoms with E-state index in [9.17, 15) is 9.59 Å². The van der Waals surface area contributed by atoms with Crippen molar-refractivity contribution in [2.75, 3.05) is 13.6 Å². The summed E-state index contributed by atoms with van der Waals surface area (Å²) < 4.78 is 0. The van der Waals surface area contributed by atoms with Gasteiger partial charge in [0.05, 0.1) is 6.54 Å². The van der Waals surface area contributed by atoms with E-state index in [4.69, 9.17) is 0 Å². The van der Waals surface area contributed by atoms with Crippen molar-refractivity contribution in [2.45, 2.75) is 20.8 Å². The minimum atomic E-state index is -0.393. The van der Waals surface area contributed by atoms with Gasteiger partial charge in [0.1, 0.15) is 0 Å². The van der Waals surface area contributed by atoms with E-state index in [0.717, 1.165) is 0 Å². The van der Waals surface area contributed by atoms with E-state index in [1.54, 1.807) is 7.05 Å². The SMILES string of the molecule is C=CC(=O)N(C)CC(=O)C(C)(C)C. The van der Waals surface area contributed by atoms with Gasteiger partial charge >= 0.3 is 0 Å². The van der Waals surface area contributed by atoms with Crippen LogP contribution in [0.4, 0.5) is 0 Å². The summed E-state index contributed by atoms with van der Waals surface area (Å²) in [7, 11) is 1.59. The summed E-state index contributed by atoms with van der Waals surface area (Å²) >= 11 is 0. The number of hydrogen-bond acceptors (Lipinski definition) is 2. The standard InChI is InChI=1S/C10H17NO2/c1-6-9(13)11(5)7-8(12)10(2,3)4/h6H,1,7H2,2-5H3. The van der Waals surface area contributed by atoms with E-state index in [0.29, 0.717) is 0 Å². The largest absolute Gasteiger partial charge is 0.335 e. The van der Waals surface area contributed by atoms with Gasteiger partial charge in [0.15, 0.2) is 5.78 Å². The van der Waals surface area contributed by atoms with E-state index in [-0.39, 0.29) is 18.2 Å². The van der Waals surface area contributed by atoms with Gasteiger partial charge in [-0.3, -0.25) is 9.59 Å². The summed E-state index contributed by atoms with van der Waals surface area (Å²) in [5.74, 6) is -0.178. The molecule has 0 atom stereocenters. The van der Waals surface area contributed by atoms with Gasteiger partial charge in [-0.25, -0.2) is 0 Å². The van der Waals surface area contributed by atoms with E-state index in [2.05, 4.69) is 6.58 Å². The molecule has 74 valence electrons. The van der Waals surface area contributed by atoms with Gasteiger partial charge in [0.2, 0.25) is 5.91 Å². The van der Waals surface area contributed by atoms with Gasteiger partial charge in [0.25, 0.3) is 0 Å². The highest BCUT2D eigenvalue weighted by Gasteiger charge is 2.23. The highest BCUT2D eigenvalue weighted by molar-refractivity contribution is 5.92. The summed E-state index contributed by atoms with van der Waals surface area (Å²) in [6, 6.07) is 0. The predicted octanol–water partition coefficient (Wildman–Crippen LogP) is 1.25. The van der Waals surface area contributed by atoms with Crippen LogP contribution in [0, 0.1) is 5.41 Å². The van der Waals surface area contributed by atoms with Crippen LogP contribution >= 0.6 is 0 Å². The van der Waals surface area contributed by atoms with Crippen LogP contribution in [-0.2, 0) is 9.59 Å². The Morgan fingerprint density at radius 1 is 1.38 bits per heavy atom. The topological polar surface area (TPSA) is 37.4 Å². The fraction of sp³-hybridized carbons (Fsp3) is 0.600. The molecule has 0 aromatic heterocycles. The third-order valence-corrected chi connectivity index (χ3v) is 1.77. The van der Waals surface area contributed by atoms with Crippen molar-refractivity contribution in [1.82, 2.24) is 4.90 Å². The summed E-state index contributed by atoms with van der Waals surface area (Å²) in [5, 5.41) is 0. The van der Waals surface area contributed by atoms with Crippen molar-refractivity contribution in [2.24, 2.45) is 5.41 Å². The van der Waals surface area contributed by atoms with Crippen LogP contribution < -0.4 is 0 Å². The lowest BCUT2D eigenvalue weighted by Crippen LogP contribution is -2.36. The molecule has 0 unspecified atom stereocenters. The molecular weight excluding hydrogens is 166 g/mol.